The molecule has 1 N–H and O–H groups in total. The number of hydrogen-bond acceptors (Lipinski definition) is 7. The highest BCUT2D eigenvalue weighted by Gasteiger charge is 2.34. The van der Waals surface area contributed by atoms with Crippen molar-refractivity contribution in [3.63, 3.8) is 0 Å². The fraction of sp³-hybridized carbons (Fsp3) is 0.184. The molecule has 1 fully saturated rings. The number of hydrogen-bond donors (Lipinski definition) is 1. The molecule has 1 amide bonds. The Bertz CT molecular complexity index is 1810. The smallest absolute Gasteiger partial charge is 0.335 e. The number of thioether (sulfide) groups is 1. The maximum Gasteiger partial charge on any atom is 0.335 e. The van der Waals surface area contributed by atoms with Crippen molar-refractivity contribution in [2.75, 3.05) is 13.7 Å². The predicted octanol–water partition coefficient (Wildman–Crippen LogP) is 8.21. The molecule has 240 valence electrons. The van der Waals surface area contributed by atoms with Crippen LogP contribution in [0, 0.1) is 6.92 Å². The summed E-state index contributed by atoms with van der Waals surface area (Å²) in [7, 11) is 1.60. The number of aliphatic imine (C=N–C) groups is 1. The van der Waals surface area contributed by atoms with Crippen LogP contribution in [0.4, 0.5) is 5.69 Å². The number of methoxy groups -OCH3 is 1. The molecule has 9 heteroatoms. The highest BCUT2D eigenvalue weighted by Crippen LogP contribution is 2.39. The second-order valence-electron chi connectivity index (χ2n) is 10.8. The molecule has 47 heavy (non-hydrogen) atoms. The molecule has 0 aromatic heterocycles. The van der Waals surface area contributed by atoms with Crippen LogP contribution in [0.1, 0.15) is 45.1 Å². The van der Waals surface area contributed by atoms with E-state index in [2.05, 4.69) is 18.7 Å². The van der Waals surface area contributed by atoms with Gasteiger partial charge in [-0.2, -0.15) is 0 Å². The number of benzene rings is 4. The molecule has 0 spiro atoms. The third-order valence-corrected chi connectivity index (χ3v) is 8.35. The van der Waals surface area contributed by atoms with Crippen LogP contribution >= 0.6 is 11.8 Å². The average molecular weight is 649 g/mol. The Morgan fingerprint density at radius 2 is 1.68 bits per heavy atom. The summed E-state index contributed by atoms with van der Waals surface area (Å²) < 4.78 is 17.6. The van der Waals surface area contributed by atoms with E-state index in [1.165, 1.54) is 29.5 Å². The maximum atomic E-state index is 13.9. The highest BCUT2D eigenvalue weighted by molar-refractivity contribution is 8.18. The van der Waals surface area contributed by atoms with Crippen LogP contribution in [0.15, 0.2) is 107 Å². The first-order chi connectivity index (χ1) is 22.8. The molecule has 5 rings (SSSR count). The van der Waals surface area contributed by atoms with Gasteiger partial charge in [-0.05, 0) is 103 Å². The summed E-state index contributed by atoms with van der Waals surface area (Å²) in [6.07, 6.45) is 4.19. The van der Waals surface area contributed by atoms with E-state index in [1.54, 1.807) is 24.1 Å². The van der Waals surface area contributed by atoms with Crippen LogP contribution in [0.2, 0.25) is 0 Å². The zero-order valence-electron chi connectivity index (χ0n) is 26.6. The normalized spacial score (nSPS) is 14.4. The molecule has 1 aliphatic heterocycles. The summed E-state index contributed by atoms with van der Waals surface area (Å²) >= 11 is 1.27. The number of carbonyl (C=O) groups is 2. The monoisotopic (exact) mass is 648 g/mol. The van der Waals surface area contributed by atoms with Gasteiger partial charge in [0, 0.05) is 5.56 Å². The molecule has 1 heterocycles. The lowest BCUT2D eigenvalue weighted by molar-refractivity contribution is -0.122. The standard InChI is InChI=1S/C38H36N2O6S/c1-5-7-30-20-28(21-33(45-6-2)35(30)46-24-27-10-8-25(3)9-11-27)22-34-36(41)40(23-26-12-14-29(15-13-26)37(42)43)38(47-34)39-31-16-18-32(44-4)19-17-31/h5,8-22H,1,6-7,23-24H2,2-4H3,(H,42,43)/b34-22-,39-38?. The average Bonchev–Trinajstić information content (AvgIpc) is 3.34. The van der Waals surface area contributed by atoms with E-state index in [0.29, 0.717) is 52.6 Å². The summed E-state index contributed by atoms with van der Waals surface area (Å²) in [4.78, 5) is 32.2. The number of aromatic carboxylic acids is 1. The largest absolute Gasteiger partial charge is 0.497 e. The molecule has 4 aromatic rings. The Morgan fingerprint density at radius 3 is 2.32 bits per heavy atom. The first kappa shape index (κ1) is 33.1. The lowest BCUT2D eigenvalue weighted by atomic mass is 10.0. The highest BCUT2D eigenvalue weighted by atomic mass is 32.2. The van der Waals surface area contributed by atoms with Crippen molar-refractivity contribution in [3.8, 4) is 17.2 Å². The number of amidine groups is 1. The van der Waals surface area contributed by atoms with E-state index < -0.39 is 5.97 Å². The minimum atomic E-state index is -1.01. The minimum Gasteiger partial charge on any atom is -0.497 e. The number of ether oxygens (including phenoxy) is 3. The Kier molecular flexibility index (Phi) is 10.8. The molecule has 0 atom stereocenters. The summed E-state index contributed by atoms with van der Waals surface area (Å²) in [5, 5.41) is 9.81. The van der Waals surface area contributed by atoms with E-state index in [0.717, 1.165) is 22.3 Å². The minimum absolute atomic E-state index is 0.176. The van der Waals surface area contributed by atoms with Crippen LogP contribution in [-0.4, -0.2) is 40.8 Å². The lowest BCUT2D eigenvalue weighted by Gasteiger charge is -2.17. The number of aryl methyl sites for hydroxylation is 1. The van der Waals surface area contributed by atoms with Gasteiger partial charge >= 0.3 is 5.97 Å². The molecule has 1 saturated heterocycles. The van der Waals surface area contributed by atoms with Crippen LogP contribution < -0.4 is 14.2 Å². The molecule has 0 unspecified atom stereocenters. The molecule has 0 radical (unpaired) electrons. The number of carbonyl (C=O) groups excluding carboxylic acids is 1. The zero-order chi connectivity index (χ0) is 33.3. The van der Waals surface area contributed by atoms with E-state index in [1.807, 2.05) is 74.5 Å². The first-order valence-electron chi connectivity index (χ1n) is 15.1. The van der Waals surface area contributed by atoms with Crippen molar-refractivity contribution in [3.05, 3.63) is 136 Å². The Labute approximate surface area is 279 Å². The van der Waals surface area contributed by atoms with Gasteiger partial charge in [0.25, 0.3) is 5.91 Å². The predicted molar refractivity (Wildman–Crippen MR) is 187 cm³/mol. The number of carboxylic acid groups (broad SMARTS) is 1. The number of rotatable bonds is 13. The van der Waals surface area contributed by atoms with Crippen molar-refractivity contribution >= 4 is 40.6 Å². The molecule has 0 aliphatic carbocycles. The summed E-state index contributed by atoms with van der Waals surface area (Å²) in [5.74, 6) is 0.709. The van der Waals surface area contributed by atoms with Gasteiger partial charge in [0.15, 0.2) is 16.7 Å². The van der Waals surface area contributed by atoms with Crippen LogP contribution in [0.25, 0.3) is 6.08 Å². The van der Waals surface area contributed by atoms with Gasteiger partial charge in [-0.1, -0.05) is 48.0 Å². The molecule has 0 bridgehead atoms. The molecule has 1 aliphatic rings. The van der Waals surface area contributed by atoms with Crippen molar-refractivity contribution in [1.82, 2.24) is 4.90 Å². The number of nitrogens with zero attached hydrogens (tertiary/aromatic N) is 2. The fourth-order valence-electron chi connectivity index (χ4n) is 4.93. The second-order valence-corrected chi connectivity index (χ2v) is 11.8. The molecule has 0 saturated carbocycles. The van der Waals surface area contributed by atoms with E-state index >= 15 is 0 Å². The van der Waals surface area contributed by atoms with Gasteiger partial charge in [0.05, 0.1) is 36.4 Å². The van der Waals surface area contributed by atoms with Gasteiger partial charge in [0.2, 0.25) is 0 Å². The lowest BCUT2D eigenvalue weighted by Crippen LogP contribution is -2.28. The molecule has 4 aromatic carbocycles. The van der Waals surface area contributed by atoms with E-state index in [9.17, 15) is 14.7 Å². The van der Waals surface area contributed by atoms with Gasteiger partial charge in [0.1, 0.15) is 12.4 Å². The third-order valence-electron chi connectivity index (χ3n) is 7.35. The van der Waals surface area contributed by atoms with Crippen LogP contribution in [-0.2, 0) is 24.4 Å². The Hall–Kier alpha value is -5.28. The molecular weight excluding hydrogens is 612 g/mol. The van der Waals surface area contributed by atoms with Crippen molar-refractivity contribution in [1.29, 1.82) is 0 Å². The quantitative estimate of drug-likeness (QED) is 0.115. The summed E-state index contributed by atoms with van der Waals surface area (Å²) in [6, 6.07) is 25.8. The molecular formula is C38H36N2O6S. The van der Waals surface area contributed by atoms with E-state index in [4.69, 9.17) is 19.2 Å². The number of amides is 1. The van der Waals surface area contributed by atoms with E-state index in [-0.39, 0.29) is 18.0 Å². The van der Waals surface area contributed by atoms with Gasteiger partial charge in [-0.15, -0.1) is 6.58 Å². The number of allylic oxidation sites excluding steroid dienone is 1. The van der Waals surface area contributed by atoms with Gasteiger partial charge in [-0.25, -0.2) is 9.79 Å². The topological polar surface area (TPSA) is 97.7 Å². The summed E-state index contributed by atoms with van der Waals surface area (Å²) in [5.41, 5.74) is 5.51. The van der Waals surface area contributed by atoms with Gasteiger partial charge in [-0.3, -0.25) is 9.69 Å². The van der Waals surface area contributed by atoms with Crippen LogP contribution in [0.5, 0.6) is 17.2 Å². The fourth-order valence-corrected chi connectivity index (χ4v) is 5.92. The van der Waals surface area contributed by atoms with Gasteiger partial charge < -0.3 is 19.3 Å². The Balaban J connectivity index is 1.49. The Morgan fingerprint density at radius 1 is 0.979 bits per heavy atom. The van der Waals surface area contributed by atoms with Crippen molar-refractivity contribution in [2.45, 2.75) is 33.4 Å². The zero-order valence-corrected chi connectivity index (χ0v) is 27.4. The SMILES string of the molecule is C=CCc1cc(/C=C2\SC(=Nc3ccc(OC)cc3)N(Cc3ccc(C(=O)O)cc3)C2=O)cc(OCC)c1OCc1ccc(C)cc1. The molecule has 8 nitrogen and oxygen atoms in total. The van der Waals surface area contributed by atoms with Crippen LogP contribution in [0.3, 0.4) is 0 Å². The third kappa shape index (κ3) is 8.31. The summed E-state index contributed by atoms with van der Waals surface area (Å²) in [6.45, 7) is 8.94. The first-order valence-corrected chi connectivity index (χ1v) is 15.9. The van der Waals surface area contributed by atoms with Crippen molar-refractivity contribution in [2.24, 2.45) is 4.99 Å². The number of carboxylic acids is 1. The maximum absolute atomic E-state index is 13.9. The second kappa shape index (κ2) is 15.3. The van der Waals surface area contributed by atoms with Crippen molar-refractivity contribution < 1.29 is 28.9 Å².